The molecule has 0 spiro atoms. The summed E-state index contributed by atoms with van der Waals surface area (Å²) in [6.45, 7) is 4.47. The van der Waals surface area contributed by atoms with Crippen molar-refractivity contribution in [1.29, 1.82) is 0 Å². The minimum Gasteiger partial charge on any atom is -0.372 e. The molecule has 2 heterocycles. The fourth-order valence-corrected chi connectivity index (χ4v) is 3.67. The first-order valence-corrected chi connectivity index (χ1v) is 8.10. The van der Waals surface area contributed by atoms with Crippen molar-refractivity contribution in [3.8, 4) is 10.4 Å². The number of anilines is 2. The van der Waals surface area contributed by atoms with Crippen molar-refractivity contribution < 1.29 is 0 Å². The van der Waals surface area contributed by atoms with Gasteiger partial charge in [-0.15, -0.1) is 0 Å². The van der Waals surface area contributed by atoms with Gasteiger partial charge in [0, 0.05) is 25.8 Å². The third kappa shape index (κ3) is 2.66. The first-order chi connectivity index (χ1) is 9.78. The molecule has 1 aromatic carbocycles. The molecule has 0 unspecified atom stereocenters. The van der Waals surface area contributed by atoms with Crippen LogP contribution < -0.4 is 10.2 Å². The third-order valence-corrected chi connectivity index (χ3v) is 5.09. The molecule has 106 valence electrons. The number of nitrogens with one attached hydrogen (secondary N) is 1. The lowest BCUT2D eigenvalue weighted by molar-refractivity contribution is 0.578. The Morgan fingerprint density at radius 2 is 1.80 bits per heavy atom. The van der Waals surface area contributed by atoms with Crippen molar-refractivity contribution in [1.82, 2.24) is 4.98 Å². The van der Waals surface area contributed by atoms with E-state index in [1.54, 1.807) is 11.3 Å². The van der Waals surface area contributed by atoms with Crippen molar-refractivity contribution >= 4 is 22.2 Å². The normalized spacial score (nSPS) is 15.4. The number of nitrogens with zero attached hydrogens (tertiary/aromatic N) is 2. The van der Waals surface area contributed by atoms with E-state index < -0.39 is 0 Å². The van der Waals surface area contributed by atoms with Crippen LogP contribution in [-0.2, 0) is 0 Å². The Bertz CT molecular complexity index is 568. The molecule has 0 aliphatic carbocycles. The van der Waals surface area contributed by atoms with E-state index in [-0.39, 0.29) is 0 Å². The lowest BCUT2D eigenvalue weighted by Crippen LogP contribution is -2.29. The summed E-state index contributed by atoms with van der Waals surface area (Å²) in [5.74, 6) is 0. The summed E-state index contributed by atoms with van der Waals surface area (Å²) in [5.41, 5.74) is 3.72. The van der Waals surface area contributed by atoms with Gasteiger partial charge in [0.1, 0.15) is 0 Å². The zero-order valence-corrected chi connectivity index (χ0v) is 13.0. The number of benzene rings is 1. The van der Waals surface area contributed by atoms with E-state index in [4.69, 9.17) is 0 Å². The Labute approximate surface area is 124 Å². The molecule has 0 atom stereocenters. The molecule has 1 aliphatic heterocycles. The fraction of sp³-hybridized carbons (Fsp3) is 0.438. The van der Waals surface area contributed by atoms with Gasteiger partial charge in [-0.3, -0.25) is 0 Å². The fourth-order valence-electron chi connectivity index (χ4n) is 2.75. The molecular weight excluding hydrogens is 266 g/mol. The Morgan fingerprint density at radius 1 is 1.10 bits per heavy atom. The average molecular weight is 287 g/mol. The molecule has 20 heavy (non-hydrogen) atoms. The van der Waals surface area contributed by atoms with Crippen molar-refractivity contribution in [2.24, 2.45) is 0 Å². The highest BCUT2D eigenvalue weighted by Crippen LogP contribution is 2.33. The number of piperidine rings is 1. The highest BCUT2D eigenvalue weighted by Gasteiger charge is 2.12. The van der Waals surface area contributed by atoms with Gasteiger partial charge in [-0.25, -0.2) is 4.98 Å². The number of aryl methyl sites for hydroxylation is 1. The van der Waals surface area contributed by atoms with Crippen LogP contribution in [0.15, 0.2) is 24.3 Å². The van der Waals surface area contributed by atoms with Crippen molar-refractivity contribution in [3.63, 3.8) is 0 Å². The molecule has 1 saturated heterocycles. The standard InChI is InChI=1S/C16H21N3S/c1-12-15(20-16(17-2)18-12)13-6-8-14(9-7-13)19-10-4-3-5-11-19/h6-9H,3-5,10-11H2,1-2H3,(H,17,18). The Hall–Kier alpha value is -1.55. The smallest absolute Gasteiger partial charge is 0.183 e. The molecule has 0 amide bonds. The quantitative estimate of drug-likeness (QED) is 0.919. The maximum absolute atomic E-state index is 4.51. The van der Waals surface area contributed by atoms with Gasteiger partial charge in [0.05, 0.1) is 10.6 Å². The second kappa shape index (κ2) is 5.83. The molecule has 1 N–H and O–H groups in total. The van der Waals surface area contributed by atoms with Crippen LogP contribution in [0, 0.1) is 6.92 Å². The highest BCUT2D eigenvalue weighted by atomic mass is 32.1. The van der Waals surface area contributed by atoms with E-state index in [1.807, 2.05) is 7.05 Å². The molecule has 3 nitrogen and oxygen atoms in total. The van der Waals surface area contributed by atoms with Crippen LogP contribution in [0.2, 0.25) is 0 Å². The minimum atomic E-state index is 0.984. The van der Waals surface area contributed by atoms with Gasteiger partial charge in [0.15, 0.2) is 5.13 Å². The van der Waals surface area contributed by atoms with Gasteiger partial charge in [0.2, 0.25) is 0 Å². The van der Waals surface area contributed by atoms with Crippen molar-refractivity contribution in [2.75, 3.05) is 30.4 Å². The maximum atomic E-state index is 4.51. The Morgan fingerprint density at radius 3 is 2.40 bits per heavy atom. The highest BCUT2D eigenvalue weighted by molar-refractivity contribution is 7.19. The molecular formula is C16H21N3S. The second-order valence-corrected chi connectivity index (χ2v) is 6.28. The maximum Gasteiger partial charge on any atom is 0.183 e. The summed E-state index contributed by atoms with van der Waals surface area (Å²) in [5, 5.41) is 4.10. The van der Waals surface area contributed by atoms with Crippen molar-refractivity contribution in [2.45, 2.75) is 26.2 Å². The number of thiazole rings is 1. The zero-order valence-electron chi connectivity index (χ0n) is 12.1. The van der Waals surface area contributed by atoms with Crippen LogP contribution in [0.5, 0.6) is 0 Å². The van der Waals surface area contributed by atoms with E-state index in [0.29, 0.717) is 0 Å². The molecule has 1 aliphatic rings. The third-order valence-electron chi connectivity index (χ3n) is 3.86. The van der Waals surface area contributed by atoms with E-state index in [1.165, 1.54) is 48.5 Å². The van der Waals surface area contributed by atoms with E-state index in [9.17, 15) is 0 Å². The van der Waals surface area contributed by atoms with Gasteiger partial charge in [-0.2, -0.15) is 0 Å². The van der Waals surface area contributed by atoms with Crippen LogP contribution in [-0.4, -0.2) is 25.1 Å². The molecule has 0 saturated carbocycles. The number of hydrogen-bond acceptors (Lipinski definition) is 4. The summed E-state index contributed by atoms with van der Waals surface area (Å²) in [6, 6.07) is 8.95. The molecule has 1 fully saturated rings. The number of rotatable bonds is 3. The summed E-state index contributed by atoms with van der Waals surface area (Å²) < 4.78 is 0. The molecule has 0 radical (unpaired) electrons. The molecule has 4 heteroatoms. The van der Waals surface area contributed by atoms with Gasteiger partial charge in [-0.05, 0) is 43.9 Å². The largest absolute Gasteiger partial charge is 0.372 e. The van der Waals surface area contributed by atoms with Crippen LogP contribution >= 0.6 is 11.3 Å². The van der Waals surface area contributed by atoms with E-state index in [2.05, 4.69) is 46.4 Å². The summed E-state index contributed by atoms with van der Waals surface area (Å²) in [4.78, 5) is 8.27. The van der Waals surface area contributed by atoms with Crippen LogP contribution in [0.4, 0.5) is 10.8 Å². The molecule has 2 aromatic rings. The van der Waals surface area contributed by atoms with Crippen LogP contribution in [0.3, 0.4) is 0 Å². The minimum absolute atomic E-state index is 0.984. The summed E-state index contributed by atoms with van der Waals surface area (Å²) >= 11 is 1.72. The lowest BCUT2D eigenvalue weighted by atomic mass is 10.1. The summed E-state index contributed by atoms with van der Waals surface area (Å²) in [7, 11) is 1.92. The number of hydrogen-bond donors (Lipinski definition) is 1. The van der Waals surface area contributed by atoms with Crippen molar-refractivity contribution in [3.05, 3.63) is 30.0 Å². The second-order valence-electron chi connectivity index (χ2n) is 5.28. The van der Waals surface area contributed by atoms with Crippen LogP contribution in [0.25, 0.3) is 10.4 Å². The predicted molar refractivity (Wildman–Crippen MR) is 87.9 cm³/mol. The van der Waals surface area contributed by atoms with E-state index in [0.717, 1.165) is 10.8 Å². The first-order valence-electron chi connectivity index (χ1n) is 7.28. The predicted octanol–water partition coefficient (Wildman–Crippen LogP) is 4.15. The first kappa shape index (κ1) is 13.4. The van der Waals surface area contributed by atoms with E-state index >= 15 is 0 Å². The average Bonchev–Trinajstić information content (AvgIpc) is 2.89. The Balaban J connectivity index is 1.83. The molecule has 0 bridgehead atoms. The van der Waals surface area contributed by atoms with Gasteiger partial charge < -0.3 is 10.2 Å². The lowest BCUT2D eigenvalue weighted by Gasteiger charge is -2.28. The zero-order chi connectivity index (χ0) is 13.9. The topological polar surface area (TPSA) is 28.2 Å². The Kier molecular flexibility index (Phi) is 3.92. The van der Waals surface area contributed by atoms with Gasteiger partial charge >= 0.3 is 0 Å². The SMILES string of the molecule is CNc1nc(C)c(-c2ccc(N3CCCCC3)cc2)s1. The molecule has 1 aromatic heterocycles. The summed E-state index contributed by atoms with van der Waals surface area (Å²) in [6.07, 6.45) is 4.02. The molecule has 3 rings (SSSR count). The van der Waals surface area contributed by atoms with Crippen LogP contribution in [0.1, 0.15) is 25.0 Å². The number of aromatic nitrogens is 1. The van der Waals surface area contributed by atoms with Gasteiger partial charge in [-0.1, -0.05) is 23.5 Å². The van der Waals surface area contributed by atoms with Gasteiger partial charge in [0.25, 0.3) is 0 Å². The monoisotopic (exact) mass is 287 g/mol.